The van der Waals surface area contributed by atoms with Crippen molar-refractivity contribution in [2.75, 3.05) is 5.32 Å². The fourth-order valence-electron chi connectivity index (χ4n) is 1.81. The summed E-state index contributed by atoms with van der Waals surface area (Å²) < 4.78 is 13.1. The molecule has 1 N–H and O–H groups in total. The van der Waals surface area contributed by atoms with Crippen LogP contribution in [-0.2, 0) is 0 Å². The summed E-state index contributed by atoms with van der Waals surface area (Å²) in [4.78, 5) is 12.0. The van der Waals surface area contributed by atoms with Gasteiger partial charge in [0.2, 0.25) is 0 Å². The van der Waals surface area contributed by atoms with Crippen molar-refractivity contribution in [2.24, 2.45) is 0 Å². The second-order valence-electron chi connectivity index (χ2n) is 4.77. The first-order chi connectivity index (χ1) is 9.97. The number of hydrogen-bond donors (Lipinski definition) is 1. The van der Waals surface area contributed by atoms with Gasteiger partial charge in [0.15, 0.2) is 5.78 Å². The monoisotopic (exact) mass is 303 g/mol. The van der Waals surface area contributed by atoms with Gasteiger partial charge >= 0.3 is 0 Å². The molecule has 0 radical (unpaired) electrons. The number of hydrogen-bond acceptors (Lipinski definition) is 2. The molecule has 0 saturated carbocycles. The van der Waals surface area contributed by atoms with Crippen LogP contribution in [0.25, 0.3) is 0 Å². The number of ketones is 1. The molecular formula is C17H15ClFNO. The molecule has 0 unspecified atom stereocenters. The number of carbonyl (C=O) groups excluding carboxylic acids is 1. The van der Waals surface area contributed by atoms with Crippen molar-refractivity contribution in [2.45, 2.75) is 13.8 Å². The first kappa shape index (κ1) is 15.3. The number of carbonyl (C=O) groups is 1. The van der Waals surface area contributed by atoms with E-state index < -0.39 is 5.82 Å². The maximum absolute atomic E-state index is 13.1. The molecule has 0 heterocycles. The summed E-state index contributed by atoms with van der Waals surface area (Å²) in [5.74, 6) is -0.520. The second-order valence-corrected chi connectivity index (χ2v) is 5.17. The van der Waals surface area contributed by atoms with Crippen LogP contribution in [-0.4, -0.2) is 5.78 Å². The zero-order valence-corrected chi connectivity index (χ0v) is 12.5. The minimum Gasteiger partial charge on any atom is -0.360 e. The Morgan fingerprint density at radius 1 is 1.14 bits per heavy atom. The summed E-state index contributed by atoms with van der Waals surface area (Å²) in [6.07, 6.45) is 2.85. The van der Waals surface area contributed by atoms with Crippen molar-refractivity contribution in [3.05, 3.63) is 76.2 Å². The summed E-state index contributed by atoms with van der Waals surface area (Å²) in [5.41, 5.74) is 3.23. The van der Waals surface area contributed by atoms with Gasteiger partial charge in [-0.2, -0.15) is 0 Å². The average Bonchev–Trinajstić information content (AvgIpc) is 2.45. The molecule has 21 heavy (non-hydrogen) atoms. The molecule has 0 bridgehead atoms. The molecule has 0 aliphatic carbocycles. The predicted octanol–water partition coefficient (Wildman–Crippen LogP) is 4.90. The number of nitrogens with one attached hydrogen (secondary N) is 1. The van der Waals surface area contributed by atoms with E-state index in [1.165, 1.54) is 30.5 Å². The summed E-state index contributed by atoms with van der Waals surface area (Å²) in [6.45, 7) is 3.95. The largest absolute Gasteiger partial charge is 0.360 e. The Labute approximate surface area is 128 Å². The van der Waals surface area contributed by atoms with Gasteiger partial charge in [0.25, 0.3) is 0 Å². The zero-order valence-electron chi connectivity index (χ0n) is 11.8. The highest BCUT2D eigenvalue weighted by atomic mass is 35.5. The Hall–Kier alpha value is -2.13. The van der Waals surface area contributed by atoms with Crippen molar-refractivity contribution in [1.82, 2.24) is 0 Å². The molecule has 4 heteroatoms. The highest BCUT2D eigenvalue weighted by molar-refractivity contribution is 6.33. The number of rotatable bonds is 4. The van der Waals surface area contributed by atoms with E-state index in [2.05, 4.69) is 5.32 Å². The zero-order chi connectivity index (χ0) is 15.4. The minimum atomic E-state index is -0.393. The topological polar surface area (TPSA) is 29.1 Å². The lowest BCUT2D eigenvalue weighted by Gasteiger charge is -2.04. The molecule has 0 atom stereocenters. The maximum Gasteiger partial charge on any atom is 0.187 e. The third-order valence-corrected chi connectivity index (χ3v) is 3.52. The number of benzene rings is 2. The molecule has 0 spiro atoms. The second kappa shape index (κ2) is 6.55. The molecule has 2 aromatic carbocycles. The number of allylic oxidation sites excluding steroid dienone is 1. The third kappa shape index (κ3) is 3.92. The average molecular weight is 304 g/mol. The van der Waals surface area contributed by atoms with Crippen molar-refractivity contribution >= 4 is 23.1 Å². The van der Waals surface area contributed by atoms with Crippen molar-refractivity contribution in [1.29, 1.82) is 0 Å². The molecule has 2 rings (SSSR count). The Morgan fingerprint density at radius 3 is 2.62 bits per heavy atom. The van der Waals surface area contributed by atoms with Crippen LogP contribution in [0.15, 0.2) is 48.7 Å². The number of aryl methyl sites for hydroxylation is 2. The molecular weight excluding hydrogens is 289 g/mol. The van der Waals surface area contributed by atoms with Crippen LogP contribution in [0.2, 0.25) is 5.02 Å². The standard InChI is InChI=1S/C17H15ClFNO/c1-11-3-4-13(9-12(11)2)17(21)7-8-20-16-10-14(19)5-6-15(16)18/h3-10,20H,1-2H3. The minimum absolute atomic E-state index is 0.127. The summed E-state index contributed by atoms with van der Waals surface area (Å²) >= 11 is 5.92. The normalized spacial score (nSPS) is 10.9. The van der Waals surface area contributed by atoms with Gasteiger partial charge in [0, 0.05) is 17.8 Å². The van der Waals surface area contributed by atoms with E-state index in [0.29, 0.717) is 16.3 Å². The van der Waals surface area contributed by atoms with Crippen molar-refractivity contribution in [3.63, 3.8) is 0 Å². The van der Waals surface area contributed by atoms with Gasteiger partial charge in [-0.15, -0.1) is 0 Å². The van der Waals surface area contributed by atoms with Gasteiger partial charge in [0.05, 0.1) is 10.7 Å². The van der Waals surface area contributed by atoms with E-state index in [-0.39, 0.29) is 5.78 Å². The van der Waals surface area contributed by atoms with Gasteiger partial charge in [0.1, 0.15) is 5.82 Å². The molecule has 2 aromatic rings. The fraction of sp³-hybridized carbons (Fsp3) is 0.118. The van der Waals surface area contributed by atoms with Crippen molar-refractivity contribution in [3.8, 4) is 0 Å². The highest BCUT2D eigenvalue weighted by Gasteiger charge is 2.04. The molecule has 0 saturated heterocycles. The lowest BCUT2D eigenvalue weighted by atomic mass is 10.0. The van der Waals surface area contributed by atoms with Gasteiger partial charge in [-0.1, -0.05) is 23.7 Å². The first-order valence-electron chi connectivity index (χ1n) is 6.47. The maximum atomic E-state index is 13.1. The molecule has 0 aromatic heterocycles. The molecule has 2 nitrogen and oxygen atoms in total. The number of halogens is 2. The smallest absolute Gasteiger partial charge is 0.187 e. The van der Waals surface area contributed by atoms with Crippen LogP contribution in [0.3, 0.4) is 0 Å². The van der Waals surface area contributed by atoms with E-state index in [1.807, 2.05) is 26.0 Å². The van der Waals surface area contributed by atoms with Crippen LogP contribution in [0, 0.1) is 19.7 Å². The van der Waals surface area contributed by atoms with E-state index in [0.717, 1.165) is 11.1 Å². The molecule has 0 fully saturated rings. The molecule has 0 aliphatic heterocycles. The summed E-state index contributed by atoms with van der Waals surface area (Å²) in [5, 5.41) is 3.20. The van der Waals surface area contributed by atoms with Crippen LogP contribution in [0.5, 0.6) is 0 Å². The fourth-order valence-corrected chi connectivity index (χ4v) is 1.98. The number of anilines is 1. The highest BCUT2D eigenvalue weighted by Crippen LogP contribution is 2.22. The van der Waals surface area contributed by atoms with E-state index in [9.17, 15) is 9.18 Å². The van der Waals surface area contributed by atoms with Gasteiger partial charge in [-0.25, -0.2) is 4.39 Å². The Bertz CT molecular complexity index is 710. The molecule has 0 amide bonds. The lowest BCUT2D eigenvalue weighted by molar-refractivity contribution is 0.104. The summed E-state index contributed by atoms with van der Waals surface area (Å²) in [6, 6.07) is 9.54. The SMILES string of the molecule is Cc1ccc(C(=O)C=CNc2cc(F)ccc2Cl)cc1C. The van der Waals surface area contributed by atoms with Crippen LogP contribution in [0.1, 0.15) is 21.5 Å². The third-order valence-electron chi connectivity index (χ3n) is 3.19. The molecule has 0 aliphatic rings. The van der Waals surface area contributed by atoms with Crippen LogP contribution >= 0.6 is 11.6 Å². The quantitative estimate of drug-likeness (QED) is 0.642. The Balaban J connectivity index is 2.08. The lowest BCUT2D eigenvalue weighted by Crippen LogP contribution is -1.98. The van der Waals surface area contributed by atoms with E-state index >= 15 is 0 Å². The van der Waals surface area contributed by atoms with Crippen LogP contribution in [0.4, 0.5) is 10.1 Å². The predicted molar refractivity (Wildman–Crippen MR) is 84.4 cm³/mol. The van der Waals surface area contributed by atoms with E-state index in [1.54, 1.807) is 6.07 Å². The van der Waals surface area contributed by atoms with Gasteiger partial charge < -0.3 is 5.32 Å². The van der Waals surface area contributed by atoms with Crippen molar-refractivity contribution < 1.29 is 9.18 Å². The first-order valence-corrected chi connectivity index (χ1v) is 6.85. The van der Waals surface area contributed by atoms with Gasteiger partial charge in [-0.05, 0) is 49.2 Å². The Morgan fingerprint density at radius 2 is 1.90 bits per heavy atom. The van der Waals surface area contributed by atoms with E-state index in [4.69, 9.17) is 11.6 Å². The summed E-state index contributed by atoms with van der Waals surface area (Å²) in [7, 11) is 0. The molecule has 108 valence electrons. The van der Waals surface area contributed by atoms with Gasteiger partial charge in [-0.3, -0.25) is 4.79 Å². The van der Waals surface area contributed by atoms with Crippen LogP contribution < -0.4 is 5.32 Å². The Kier molecular flexibility index (Phi) is 4.76.